The monoisotopic (exact) mass is 247 g/mol. The Kier molecular flexibility index (Phi) is 3.24. The van der Waals surface area contributed by atoms with Crippen molar-refractivity contribution < 1.29 is 9.90 Å². The second-order valence-corrected chi connectivity index (χ2v) is 5.09. The van der Waals surface area contributed by atoms with E-state index in [1.165, 1.54) is 11.3 Å². The summed E-state index contributed by atoms with van der Waals surface area (Å²) in [6, 6.07) is 9.70. The molecule has 0 aliphatic heterocycles. The van der Waals surface area contributed by atoms with E-state index in [2.05, 4.69) is 4.98 Å². The molecule has 0 spiro atoms. The van der Waals surface area contributed by atoms with Crippen molar-refractivity contribution in [3.05, 3.63) is 40.2 Å². The van der Waals surface area contributed by atoms with Crippen LogP contribution in [0.2, 0.25) is 0 Å². The van der Waals surface area contributed by atoms with Crippen molar-refractivity contribution in [1.82, 2.24) is 4.98 Å². The third-order valence-corrected chi connectivity index (χ3v) is 3.75. The topological polar surface area (TPSA) is 50.2 Å². The van der Waals surface area contributed by atoms with Gasteiger partial charge >= 0.3 is 5.97 Å². The molecule has 0 fully saturated rings. The van der Waals surface area contributed by atoms with E-state index in [9.17, 15) is 4.79 Å². The summed E-state index contributed by atoms with van der Waals surface area (Å²) in [7, 11) is 0. The van der Waals surface area contributed by atoms with Crippen molar-refractivity contribution >= 4 is 17.3 Å². The first-order chi connectivity index (χ1) is 8.09. The molecule has 1 aromatic carbocycles. The normalized spacial score (nSPS) is 10.8. The fourth-order valence-electron chi connectivity index (χ4n) is 1.62. The van der Waals surface area contributed by atoms with E-state index in [1.807, 2.05) is 44.2 Å². The van der Waals surface area contributed by atoms with Crippen LogP contribution in [0.1, 0.15) is 34.4 Å². The van der Waals surface area contributed by atoms with Gasteiger partial charge in [-0.2, -0.15) is 0 Å². The van der Waals surface area contributed by atoms with Gasteiger partial charge in [-0.15, -0.1) is 11.3 Å². The van der Waals surface area contributed by atoms with Crippen LogP contribution in [0.15, 0.2) is 30.3 Å². The Hall–Kier alpha value is -1.68. The van der Waals surface area contributed by atoms with Crippen molar-refractivity contribution in [3.8, 4) is 11.3 Å². The van der Waals surface area contributed by atoms with Gasteiger partial charge in [-0.3, -0.25) is 0 Å². The number of carboxylic acid groups (broad SMARTS) is 1. The molecule has 0 saturated carbocycles. The maximum Gasteiger partial charge on any atom is 0.365 e. The Morgan fingerprint density at radius 1 is 1.29 bits per heavy atom. The van der Waals surface area contributed by atoms with E-state index in [1.54, 1.807) is 0 Å². The molecule has 2 rings (SSSR count). The summed E-state index contributed by atoms with van der Waals surface area (Å²) >= 11 is 1.26. The van der Waals surface area contributed by atoms with Crippen LogP contribution in [0.4, 0.5) is 0 Å². The number of hydrogen-bond donors (Lipinski definition) is 1. The number of carbonyl (C=O) groups is 1. The van der Waals surface area contributed by atoms with Crippen molar-refractivity contribution in [2.75, 3.05) is 0 Å². The third kappa shape index (κ3) is 2.36. The quantitative estimate of drug-likeness (QED) is 0.901. The minimum absolute atomic E-state index is 0.160. The van der Waals surface area contributed by atoms with Gasteiger partial charge in [0.15, 0.2) is 0 Å². The van der Waals surface area contributed by atoms with Crippen LogP contribution >= 0.6 is 11.3 Å². The lowest BCUT2D eigenvalue weighted by atomic mass is 10.1. The molecule has 4 heteroatoms. The molecule has 0 unspecified atom stereocenters. The SMILES string of the molecule is CC(C)c1sc(C(=O)O)nc1-c1ccccc1. The first kappa shape index (κ1) is 11.8. The summed E-state index contributed by atoms with van der Waals surface area (Å²) in [6.07, 6.45) is 0. The maximum atomic E-state index is 11.0. The molecule has 3 nitrogen and oxygen atoms in total. The summed E-state index contributed by atoms with van der Waals surface area (Å²) in [5.74, 6) is -0.685. The van der Waals surface area contributed by atoms with Crippen LogP contribution in [0.25, 0.3) is 11.3 Å². The molecule has 0 aliphatic carbocycles. The van der Waals surface area contributed by atoms with Crippen molar-refractivity contribution in [2.24, 2.45) is 0 Å². The fourth-order valence-corrected chi connectivity index (χ4v) is 2.55. The van der Waals surface area contributed by atoms with Crippen LogP contribution in [-0.2, 0) is 0 Å². The lowest BCUT2D eigenvalue weighted by molar-refractivity contribution is 0.0696. The second kappa shape index (κ2) is 4.67. The van der Waals surface area contributed by atoms with E-state index in [-0.39, 0.29) is 10.9 Å². The molecule has 0 radical (unpaired) electrons. The summed E-state index contributed by atoms with van der Waals surface area (Å²) < 4.78 is 0. The van der Waals surface area contributed by atoms with Gasteiger partial charge in [0.05, 0.1) is 5.69 Å². The van der Waals surface area contributed by atoms with Crippen LogP contribution in [0, 0.1) is 0 Å². The minimum atomic E-state index is -0.959. The molecule has 88 valence electrons. The average molecular weight is 247 g/mol. The highest BCUT2D eigenvalue weighted by Crippen LogP contribution is 2.33. The molecule has 1 heterocycles. The van der Waals surface area contributed by atoms with Crippen LogP contribution in [0.3, 0.4) is 0 Å². The van der Waals surface area contributed by atoms with Crippen molar-refractivity contribution in [2.45, 2.75) is 19.8 Å². The van der Waals surface area contributed by atoms with Gasteiger partial charge in [-0.25, -0.2) is 9.78 Å². The van der Waals surface area contributed by atoms with Crippen LogP contribution in [0.5, 0.6) is 0 Å². The van der Waals surface area contributed by atoms with Crippen LogP contribution < -0.4 is 0 Å². The predicted molar refractivity (Wildman–Crippen MR) is 68.6 cm³/mol. The van der Waals surface area contributed by atoms with Crippen molar-refractivity contribution in [3.63, 3.8) is 0 Å². The number of benzene rings is 1. The zero-order valence-electron chi connectivity index (χ0n) is 9.68. The molecule has 1 aromatic heterocycles. The zero-order valence-corrected chi connectivity index (χ0v) is 10.5. The largest absolute Gasteiger partial charge is 0.476 e. The Morgan fingerprint density at radius 3 is 2.47 bits per heavy atom. The Morgan fingerprint density at radius 2 is 1.94 bits per heavy atom. The number of hydrogen-bond acceptors (Lipinski definition) is 3. The van der Waals surface area contributed by atoms with E-state index in [0.717, 1.165) is 16.1 Å². The lowest BCUT2D eigenvalue weighted by Gasteiger charge is -2.04. The molecule has 17 heavy (non-hydrogen) atoms. The Bertz CT molecular complexity index is 532. The second-order valence-electron chi connectivity index (χ2n) is 4.06. The highest BCUT2D eigenvalue weighted by atomic mass is 32.1. The fraction of sp³-hybridized carbons (Fsp3) is 0.231. The highest BCUT2D eigenvalue weighted by molar-refractivity contribution is 7.14. The molecule has 1 N–H and O–H groups in total. The minimum Gasteiger partial charge on any atom is -0.476 e. The average Bonchev–Trinajstić information content (AvgIpc) is 2.75. The lowest BCUT2D eigenvalue weighted by Crippen LogP contribution is -1.94. The summed E-state index contributed by atoms with van der Waals surface area (Å²) in [5.41, 5.74) is 1.77. The van der Waals surface area contributed by atoms with E-state index >= 15 is 0 Å². The van der Waals surface area contributed by atoms with Crippen LogP contribution in [-0.4, -0.2) is 16.1 Å². The molecule has 0 aliphatic rings. The van der Waals surface area contributed by atoms with Gasteiger partial charge in [0.25, 0.3) is 0 Å². The Labute approximate surface area is 104 Å². The number of thiazole rings is 1. The molecule has 2 aromatic rings. The molecular weight excluding hydrogens is 234 g/mol. The number of carboxylic acids is 1. The number of rotatable bonds is 3. The summed E-state index contributed by atoms with van der Waals surface area (Å²) in [4.78, 5) is 16.2. The van der Waals surface area contributed by atoms with Gasteiger partial charge in [0.2, 0.25) is 5.01 Å². The Balaban J connectivity index is 2.56. The molecular formula is C13H13NO2S. The van der Waals surface area contributed by atoms with E-state index in [0.29, 0.717) is 0 Å². The van der Waals surface area contributed by atoms with Gasteiger partial charge in [0.1, 0.15) is 0 Å². The standard InChI is InChI=1S/C13H13NO2S/c1-8(2)11-10(9-6-4-3-5-7-9)14-12(17-11)13(15)16/h3-8H,1-2H3,(H,15,16). The van der Waals surface area contributed by atoms with Gasteiger partial charge in [0, 0.05) is 10.4 Å². The van der Waals surface area contributed by atoms with E-state index < -0.39 is 5.97 Å². The summed E-state index contributed by atoms with van der Waals surface area (Å²) in [5, 5.41) is 9.16. The number of aromatic carboxylic acids is 1. The zero-order chi connectivity index (χ0) is 12.4. The molecule has 0 saturated heterocycles. The number of nitrogens with zero attached hydrogens (tertiary/aromatic N) is 1. The van der Waals surface area contributed by atoms with Gasteiger partial charge in [-0.05, 0) is 5.92 Å². The van der Waals surface area contributed by atoms with Crippen molar-refractivity contribution in [1.29, 1.82) is 0 Å². The van der Waals surface area contributed by atoms with E-state index in [4.69, 9.17) is 5.11 Å². The van der Waals surface area contributed by atoms with Gasteiger partial charge in [-0.1, -0.05) is 44.2 Å². The maximum absolute atomic E-state index is 11.0. The first-order valence-corrected chi connectivity index (χ1v) is 6.20. The summed E-state index contributed by atoms with van der Waals surface area (Å²) in [6.45, 7) is 4.09. The smallest absolute Gasteiger partial charge is 0.365 e. The van der Waals surface area contributed by atoms with Gasteiger partial charge < -0.3 is 5.11 Å². The highest BCUT2D eigenvalue weighted by Gasteiger charge is 2.18. The molecule has 0 amide bonds. The first-order valence-electron chi connectivity index (χ1n) is 5.39. The predicted octanol–water partition coefficient (Wildman–Crippen LogP) is 3.63. The molecule has 0 bridgehead atoms. The molecule has 0 atom stereocenters. The third-order valence-electron chi connectivity index (χ3n) is 2.41. The number of aromatic nitrogens is 1.